The number of rotatable bonds is 6. The molecular formula is C20H22ClFN2O4S. The van der Waals surface area contributed by atoms with Gasteiger partial charge >= 0.3 is 5.97 Å². The third kappa shape index (κ3) is 5.14. The summed E-state index contributed by atoms with van der Waals surface area (Å²) in [4.78, 5) is 27.0. The quantitative estimate of drug-likeness (QED) is 0.696. The van der Waals surface area contributed by atoms with Gasteiger partial charge in [0.05, 0.1) is 30.7 Å². The minimum atomic E-state index is -0.493. The van der Waals surface area contributed by atoms with Crippen molar-refractivity contribution in [3.8, 4) is 0 Å². The van der Waals surface area contributed by atoms with E-state index in [4.69, 9.17) is 16.3 Å². The number of thiophene rings is 1. The summed E-state index contributed by atoms with van der Waals surface area (Å²) in [7, 11) is 1.29. The fraction of sp³-hybridized carbons (Fsp3) is 0.400. The molecule has 29 heavy (non-hydrogen) atoms. The Morgan fingerprint density at radius 1 is 1.38 bits per heavy atom. The number of nitrogens with zero attached hydrogens (tertiary/aromatic N) is 1. The minimum absolute atomic E-state index is 0.00703. The fourth-order valence-electron chi connectivity index (χ4n) is 3.32. The molecule has 1 aromatic heterocycles. The summed E-state index contributed by atoms with van der Waals surface area (Å²) < 4.78 is 24.9. The van der Waals surface area contributed by atoms with Crippen molar-refractivity contribution >= 4 is 34.8 Å². The number of esters is 1. The highest BCUT2D eigenvalue weighted by Crippen LogP contribution is 2.31. The summed E-state index contributed by atoms with van der Waals surface area (Å²) in [5.41, 5.74) is 0.352. The van der Waals surface area contributed by atoms with E-state index in [9.17, 15) is 14.0 Å². The van der Waals surface area contributed by atoms with Crippen molar-refractivity contribution < 1.29 is 23.5 Å². The van der Waals surface area contributed by atoms with Gasteiger partial charge in [0.2, 0.25) is 0 Å². The molecule has 9 heteroatoms. The van der Waals surface area contributed by atoms with E-state index < -0.39 is 17.8 Å². The first-order chi connectivity index (χ1) is 13.9. The predicted molar refractivity (Wildman–Crippen MR) is 109 cm³/mol. The molecular weight excluding hydrogens is 419 g/mol. The number of nitrogens with one attached hydrogen (secondary N) is 1. The van der Waals surface area contributed by atoms with Crippen LogP contribution in [0.3, 0.4) is 0 Å². The summed E-state index contributed by atoms with van der Waals surface area (Å²) in [6.07, 6.45) is -0.00703. The lowest BCUT2D eigenvalue weighted by Gasteiger charge is -2.38. The highest BCUT2D eigenvalue weighted by atomic mass is 35.5. The van der Waals surface area contributed by atoms with Crippen molar-refractivity contribution in [2.75, 3.05) is 33.4 Å². The first-order valence-electron chi connectivity index (χ1n) is 9.16. The number of carbonyl (C=O) groups is 2. The average Bonchev–Trinajstić information content (AvgIpc) is 3.19. The van der Waals surface area contributed by atoms with Crippen LogP contribution in [-0.2, 0) is 9.47 Å². The molecule has 1 aliphatic rings. The molecule has 156 valence electrons. The number of hydrogen-bond donors (Lipinski definition) is 1. The molecule has 1 aromatic carbocycles. The largest absolute Gasteiger partial charge is 0.465 e. The van der Waals surface area contributed by atoms with Gasteiger partial charge in [-0.3, -0.25) is 9.69 Å². The maximum atomic E-state index is 14.6. The van der Waals surface area contributed by atoms with Crippen LogP contribution in [0.2, 0.25) is 5.02 Å². The molecule has 0 aliphatic carbocycles. The average molecular weight is 441 g/mol. The van der Waals surface area contributed by atoms with Crippen molar-refractivity contribution in [3.63, 3.8) is 0 Å². The second-order valence-electron chi connectivity index (χ2n) is 6.69. The molecule has 0 bridgehead atoms. The van der Waals surface area contributed by atoms with Gasteiger partial charge in [-0.2, -0.15) is 0 Å². The highest BCUT2D eigenvalue weighted by Gasteiger charge is 2.29. The Morgan fingerprint density at radius 2 is 2.14 bits per heavy atom. The minimum Gasteiger partial charge on any atom is -0.465 e. The highest BCUT2D eigenvalue weighted by molar-refractivity contribution is 7.15. The number of ether oxygens (including phenoxy) is 2. The first-order valence-corrected chi connectivity index (χ1v) is 10.4. The Kier molecular flexibility index (Phi) is 7.23. The zero-order chi connectivity index (χ0) is 21.0. The van der Waals surface area contributed by atoms with E-state index in [1.54, 1.807) is 24.3 Å². The van der Waals surface area contributed by atoms with E-state index in [0.717, 1.165) is 11.3 Å². The van der Waals surface area contributed by atoms with Crippen LogP contribution in [0.1, 0.15) is 37.9 Å². The number of hydrogen-bond acceptors (Lipinski definition) is 6. The van der Waals surface area contributed by atoms with Crippen molar-refractivity contribution in [3.05, 3.63) is 56.5 Å². The molecule has 0 radical (unpaired) electrons. The second-order valence-corrected chi connectivity index (χ2v) is 8.18. The molecule has 3 rings (SSSR count). The Hall–Kier alpha value is -2.00. The lowest BCUT2D eigenvalue weighted by atomic mass is 10.0. The van der Waals surface area contributed by atoms with Gasteiger partial charge in [0, 0.05) is 30.2 Å². The summed E-state index contributed by atoms with van der Waals surface area (Å²) in [6, 6.07) is 7.22. The Bertz CT molecular complexity index is 871. The van der Waals surface area contributed by atoms with Gasteiger partial charge in [0.15, 0.2) is 0 Å². The number of morpholine rings is 1. The van der Waals surface area contributed by atoms with E-state index in [-0.39, 0.29) is 18.6 Å². The lowest BCUT2D eigenvalue weighted by molar-refractivity contribution is -0.0346. The topological polar surface area (TPSA) is 67.9 Å². The van der Waals surface area contributed by atoms with E-state index in [2.05, 4.69) is 15.0 Å². The number of carbonyl (C=O) groups excluding carboxylic acids is 2. The van der Waals surface area contributed by atoms with E-state index in [1.165, 1.54) is 13.2 Å². The Labute approximate surface area is 177 Å². The molecule has 2 atom stereocenters. The summed E-state index contributed by atoms with van der Waals surface area (Å²) in [5.74, 6) is -1.25. The lowest BCUT2D eigenvalue weighted by Crippen LogP contribution is -2.46. The number of halogens is 2. The van der Waals surface area contributed by atoms with Gasteiger partial charge in [0.1, 0.15) is 10.7 Å². The molecule has 1 saturated heterocycles. The van der Waals surface area contributed by atoms with Gasteiger partial charge < -0.3 is 14.8 Å². The van der Waals surface area contributed by atoms with Crippen LogP contribution < -0.4 is 5.32 Å². The van der Waals surface area contributed by atoms with Gasteiger partial charge in [-0.05, 0) is 31.2 Å². The summed E-state index contributed by atoms with van der Waals surface area (Å²) in [5, 5.41) is 3.16. The SMILES string of the molecule is COC(=O)c1ccc(C(=O)NCC(c2c(F)cccc2Cl)N2CCOC(C)C2)s1. The predicted octanol–water partition coefficient (Wildman–Crippen LogP) is 3.52. The Balaban J connectivity index is 1.79. The van der Waals surface area contributed by atoms with Gasteiger partial charge in [-0.15, -0.1) is 11.3 Å². The molecule has 1 aliphatic heterocycles. The molecule has 1 N–H and O–H groups in total. The Morgan fingerprint density at radius 3 is 2.83 bits per heavy atom. The number of amides is 1. The van der Waals surface area contributed by atoms with Crippen molar-refractivity contribution in [1.29, 1.82) is 0 Å². The number of benzene rings is 1. The third-order valence-corrected chi connectivity index (χ3v) is 6.11. The summed E-state index contributed by atoms with van der Waals surface area (Å²) >= 11 is 7.35. The van der Waals surface area contributed by atoms with Crippen LogP contribution in [0.25, 0.3) is 0 Å². The number of methoxy groups -OCH3 is 1. The van der Waals surface area contributed by atoms with Gasteiger partial charge in [0.25, 0.3) is 5.91 Å². The molecule has 6 nitrogen and oxygen atoms in total. The smallest absolute Gasteiger partial charge is 0.348 e. The zero-order valence-electron chi connectivity index (χ0n) is 16.1. The molecule has 0 spiro atoms. The van der Waals surface area contributed by atoms with Crippen molar-refractivity contribution in [2.24, 2.45) is 0 Å². The maximum absolute atomic E-state index is 14.6. The van der Waals surface area contributed by atoms with Crippen LogP contribution in [-0.4, -0.2) is 56.2 Å². The fourth-order valence-corrected chi connectivity index (χ4v) is 4.45. The van der Waals surface area contributed by atoms with E-state index in [1.807, 2.05) is 6.92 Å². The molecule has 2 heterocycles. The van der Waals surface area contributed by atoms with Crippen LogP contribution in [0.15, 0.2) is 30.3 Å². The van der Waals surface area contributed by atoms with Crippen LogP contribution in [0.4, 0.5) is 4.39 Å². The van der Waals surface area contributed by atoms with Gasteiger partial charge in [-0.25, -0.2) is 9.18 Å². The molecule has 1 fully saturated rings. The van der Waals surface area contributed by atoms with Gasteiger partial charge in [-0.1, -0.05) is 17.7 Å². The maximum Gasteiger partial charge on any atom is 0.348 e. The van der Waals surface area contributed by atoms with Crippen molar-refractivity contribution in [2.45, 2.75) is 19.1 Å². The molecule has 2 aromatic rings. The van der Waals surface area contributed by atoms with E-state index >= 15 is 0 Å². The van der Waals surface area contributed by atoms with Crippen LogP contribution in [0, 0.1) is 5.82 Å². The van der Waals surface area contributed by atoms with Crippen LogP contribution >= 0.6 is 22.9 Å². The zero-order valence-corrected chi connectivity index (χ0v) is 17.7. The standard InChI is InChI=1S/C20H22ClFN2O4S/c1-12-11-24(8-9-28-12)15(18-13(21)4-3-5-14(18)22)10-23-19(25)16-6-7-17(29-16)20(26)27-2/h3-7,12,15H,8-11H2,1-2H3,(H,23,25). The summed E-state index contributed by atoms with van der Waals surface area (Å²) in [6.45, 7) is 3.82. The molecule has 1 amide bonds. The second kappa shape index (κ2) is 9.67. The van der Waals surface area contributed by atoms with Crippen LogP contribution in [0.5, 0.6) is 0 Å². The monoisotopic (exact) mass is 440 g/mol. The molecule has 2 unspecified atom stereocenters. The third-order valence-electron chi connectivity index (χ3n) is 4.72. The normalized spacial score (nSPS) is 18.3. The first kappa shape index (κ1) is 21.7. The van der Waals surface area contributed by atoms with Crippen molar-refractivity contribution in [1.82, 2.24) is 10.2 Å². The molecule has 0 saturated carbocycles. The van der Waals surface area contributed by atoms with E-state index in [0.29, 0.717) is 40.0 Å².